The lowest BCUT2D eigenvalue weighted by molar-refractivity contribution is -0.385. The number of rotatable bonds is 10. The zero-order valence-electron chi connectivity index (χ0n) is 27.9. The Balaban J connectivity index is 0.00000702. The number of aliphatic carboxylic acids is 1. The summed E-state index contributed by atoms with van der Waals surface area (Å²) in [5.41, 5.74) is 6.20. The van der Waals surface area contributed by atoms with Gasteiger partial charge in [0, 0.05) is 18.9 Å². The van der Waals surface area contributed by atoms with Crippen LogP contribution in [0.5, 0.6) is 23.0 Å². The predicted molar refractivity (Wildman–Crippen MR) is 185 cm³/mol. The number of carboxylic acid groups (broad SMARTS) is 1. The lowest BCUT2D eigenvalue weighted by Gasteiger charge is -2.28. The minimum absolute atomic E-state index is 0. The zero-order chi connectivity index (χ0) is 36.7. The van der Waals surface area contributed by atoms with Crippen LogP contribution >= 0.6 is 12.4 Å². The Hall–Kier alpha value is -5.45. The number of aromatic hydroxyl groups is 1. The Morgan fingerprint density at radius 3 is 2.37 bits per heavy atom. The third-order valence-corrected chi connectivity index (χ3v) is 7.98. The number of methoxy groups -OCH3 is 1. The van der Waals surface area contributed by atoms with Gasteiger partial charge in [0.2, 0.25) is 29.2 Å². The second kappa shape index (κ2) is 17.5. The number of carboxylic acids is 1. The lowest BCUT2D eigenvalue weighted by atomic mass is 9.97. The van der Waals surface area contributed by atoms with E-state index in [9.17, 15) is 44.6 Å². The highest BCUT2D eigenvalue weighted by Gasteiger charge is 2.35. The molecule has 16 nitrogen and oxygen atoms in total. The molecule has 3 aromatic carbocycles. The number of fused-ring (bicyclic) bond motifs is 9. The number of phenolic OH excluding ortho intramolecular Hbond substituents is 1. The Morgan fingerprint density at radius 2 is 1.76 bits per heavy atom. The summed E-state index contributed by atoms with van der Waals surface area (Å²) in [5, 5.41) is 51.2. The van der Waals surface area contributed by atoms with Gasteiger partial charge in [-0.25, -0.2) is 4.79 Å². The molecular formula is C34H40ClN5O11. The maximum Gasteiger partial charge on any atom is 0.335 e. The molecule has 0 aromatic heterocycles. The number of hydrogen-bond donors (Lipinski definition) is 7. The monoisotopic (exact) mass is 729 g/mol. The minimum Gasteiger partial charge on any atom is -0.504 e. The van der Waals surface area contributed by atoms with Crippen LogP contribution in [0.25, 0.3) is 0 Å². The van der Waals surface area contributed by atoms with Crippen LogP contribution < -0.4 is 31.2 Å². The molecule has 3 amide bonds. The van der Waals surface area contributed by atoms with Crippen molar-refractivity contribution in [1.29, 1.82) is 0 Å². The molecule has 2 heterocycles. The highest BCUT2D eigenvalue weighted by atomic mass is 35.5. The van der Waals surface area contributed by atoms with Crippen LogP contribution in [0.1, 0.15) is 43.0 Å². The quantitative estimate of drug-likeness (QED) is 0.117. The molecule has 8 N–H and O–H groups in total. The summed E-state index contributed by atoms with van der Waals surface area (Å²) >= 11 is 0. The summed E-state index contributed by atoms with van der Waals surface area (Å²) in [6.45, 7) is 3.73. The number of nitrogens with two attached hydrogens (primary N) is 1. The standard InChI is InChI=1S/C34H39N5O11.ClH/c1-17(2)11-21(35)31(42)36-23-13-19-9-10-26(24(14-19)39(47)48)50-27-16-20(15-25(40)30(27)49-3)28(29(41)34(45)46)38-33(44)22(37-32(23)43)12-18-7-5-4-6-8-18;/h4-10,14-17,21-23,28-29,40-41H,11-13,35H2,1-3H3,(H,36,42)(H,37,43)(H,38,44)(H,45,46);1H/t21-,22-,23+,28-,29-;/m1./s1. The fraction of sp³-hybridized carbons (Fsp3) is 0.353. The first-order valence-electron chi connectivity index (χ1n) is 15.7. The van der Waals surface area contributed by atoms with Gasteiger partial charge in [-0.15, -0.1) is 12.4 Å². The van der Waals surface area contributed by atoms with E-state index in [1.165, 1.54) is 19.2 Å². The van der Waals surface area contributed by atoms with E-state index in [4.69, 9.17) is 15.2 Å². The summed E-state index contributed by atoms with van der Waals surface area (Å²) in [6.07, 6.45) is -2.37. The number of halogens is 1. The number of aliphatic hydroxyl groups is 1. The first-order chi connectivity index (χ1) is 23.7. The molecule has 4 bridgehead atoms. The maximum atomic E-state index is 13.9. The number of amides is 3. The lowest BCUT2D eigenvalue weighted by Crippen LogP contribution is -2.57. The van der Waals surface area contributed by atoms with Crippen LogP contribution in [0, 0.1) is 16.0 Å². The van der Waals surface area contributed by atoms with Crippen LogP contribution in [0.4, 0.5) is 5.69 Å². The van der Waals surface area contributed by atoms with Crippen LogP contribution in [0.15, 0.2) is 60.7 Å². The van der Waals surface area contributed by atoms with E-state index in [1.807, 2.05) is 13.8 Å². The van der Waals surface area contributed by atoms with Gasteiger partial charge in [-0.3, -0.25) is 24.5 Å². The fourth-order valence-electron chi connectivity index (χ4n) is 5.52. The zero-order valence-corrected chi connectivity index (χ0v) is 28.7. The van der Waals surface area contributed by atoms with Crippen molar-refractivity contribution in [2.75, 3.05) is 7.11 Å². The van der Waals surface area contributed by atoms with E-state index in [-0.39, 0.29) is 59.5 Å². The number of nitrogens with zero attached hydrogens (tertiary/aromatic N) is 1. The molecule has 0 spiro atoms. The van der Waals surface area contributed by atoms with Crippen molar-refractivity contribution in [3.05, 3.63) is 87.5 Å². The summed E-state index contributed by atoms with van der Waals surface area (Å²) in [4.78, 5) is 64.5. The summed E-state index contributed by atoms with van der Waals surface area (Å²) < 4.78 is 11.1. The molecule has 0 saturated heterocycles. The van der Waals surface area contributed by atoms with Gasteiger partial charge in [-0.2, -0.15) is 0 Å². The number of hydrogen-bond acceptors (Lipinski definition) is 11. The molecule has 2 aliphatic rings. The number of nitro benzene ring substituents is 1. The third kappa shape index (κ3) is 10.1. The summed E-state index contributed by atoms with van der Waals surface area (Å²) in [6, 6.07) is 9.02. The molecule has 3 aromatic rings. The number of aliphatic hydroxyl groups excluding tert-OH is 1. The van der Waals surface area contributed by atoms with Crippen molar-refractivity contribution >= 4 is 41.8 Å². The van der Waals surface area contributed by atoms with Gasteiger partial charge < -0.3 is 46.5 Å². The van der Waals surface area contributed by atoms with Crippen LogP contribution in [-0.4, -0.2) is 75.3 Å². The fourth-order valence-corrected chi connectivity index (χ4v) is 5.52. The SMILES string of the molecule is COc1c(O)cc2cc1Oc1ccc(cc1[N+](=O)[O-])C[C@H](NC(=O)[C@H](N)CC(C)C)C(=O)N[C@H](Cc1ccccc1)C(=O)N[C@H]2[C@@H](O)C(=O)O.Cl. The topological polar surface area (TPSA) is 253 Å². The molecule has 0 aliphatic carbocycles. The Bertz CT molecular complexity index is 1760. The average Bonchev–Trinajstić information content (AvgIpc) is 3.06. The number of nitrogens with one attached hydrogen (secondary N) is 3. The van der Waals surface area contributed by atoms with E-state index in [2.05, 4.69) is 16.0 Å². The van der Waals surface area contributed by atoms with Gasteiger partial charge in [0.05, 0.1) is 24.1 Å². The largest absolute Gasteiger partial charge is 0.504 e. The van der Waals surface area contributed by atoms with E-state index in [1.54, 1.807) is 30.3 Å². The molecule has 274 valence electrons. The molecule has 0 radical (unpaired) electrons. The molecule has 0 saturated carbocycles. The van der Waals surface area contributed by atoms with Crippen LogP contribution in [0.2, 0.25) is 0 Å². The predicted octanol–water partition coefficient (Wildman–Crippen LogP) is 2.27. The number of carbonyl (C=O) groups is 4. The molecular weight excluding hydrogens is 690 g/mol. The molecule has 0 unspecified atom stereocenters. The Labute approximate surface area is 298 Å². The Morgan fingerprint density at radius 1 is 1.08 bits per heavy atom. The molecule has 5 atom stereocenters. The second-order valence-corrected chi connectivity index (χ2v) is 12.3. The van der Waals surface area contributed by atoms with E-state index in [0.717, 1.165) is 18.2 Å². The highest BCUT2D eigenvalue weighted by molar-refractivity contribution is 5.93. The number of benzene rings is 3. The number of ether oxygens (including phenoxy) is 2. The first-order valence-corrected chi connectivity index (χ1v) is 15.7. The van der Waals surface area contributed by atoms with Crippen molar-refractivity contribution in [2.24, 2.45) is 11.7 Å². The summed E-state index contributed by atoms with van der Waals surface area (Å²) in [5.74, 6) is -5.63. The summed E-state index contributed by atoms with van der Waals surface area (Å²) in [7, 11) is 1.19. The van der Waals surface area contributed by atoms with Gasteiger partial charge in [0.15, 0.2) is 17.6 Å². The van der Waals surface area contributed by atoms with Crippen LogP contribution in [0.3, 0.4) is 0 Å². The highest BCUT2D eigenvalue weighted by Crippen LogP contribution is 2.44. The van der Waals surface area contributed by atoms with Crippen molar-refractivity contribution in [2.45, 2.75) is 63.4 Å². The molecule has 51 heavy (non-hydrogen) atoms. The van der Waals surface area contributed by atoms with Crippen molar-refractivity contribution in [1.82, 2.24) is 16.0 Å². The van der Waals surface area contributed by atoms with Gasteiger partial charge in [-0.05, 0) is 47.2 Å². The molecule has 2 aliphatic heterocycles. The van der Waals surface area contributed by atoms with Gasteiger partial charge in [0.1, 0.15) is 12.1 Å². The van der Waals surface area contributed by atoms with Gasteiger partial charge in [0.25, 0.3) is 0 Å². The molecule has 0 fully saturated rings. The second-order valence-electron chi connectivity index (χ2n) is 12.3. The average molecular weight is 730 g/mol. The van der Waals surface area contributed by atoms with Gasteiger partial charge in [-0.1, -0.05) is 50.2 Å². The van der Waals surface area contributed by atoms with Crippen molar-refractivity contribution < 1.29 is 48.9 Å². The van der Waals surface area contributed by atoms with Crippen molar-refractivity contribution in [3.63, 3.8) is 0 Å². The minimum atomic E-state index is -2.28. The van der Waals surface area contributed by atoms with Gasteiger partial charge >= 0.3 is 11.7 Å². The molecule has 5 rings (SSSR count). The Kier molecular flexibility index (Phi) is 13.7. The van der Waals surface area contributed by atoms with Crippen molar-refractivity contribution in [3.8, 4) is 23.0 Å². The van der Waals surface area contributed by atoms with E-state index >= 15 is 0 Å². The van der Waals surface area contributed by atoms with E-state index < -0.39 is 70.3 Å². The normalized spacial score (nSPS) is 18.7. The number of carbonyl (C=O) groups excluding carboxylic acids is 3. The first kappa shape index (κ1) is 40.0. The van der Waals surface area contributed by atoms with E-state index in [0.29, 0.717) is 12.0 Å². The third-order valence-electron chi connectivity index (χ3n) is 7.98. The number of nitro groups is 1. The molecule has 17 heteroatoms. The maximum absolute atomic E-state index is 13.9. The van der Waals surface area contributed by atoms with Crippen LogP contribution in [-0.2, 0) is 32.0 Å². The smallest absolute Gasteiger partial charge is 0.335 e. The number of phenols is 1.